The average molecular weight is 243 g/mol. The van der Waals surface area contributed by atoms with E-state index in [1.165, 1.54) is 0 Å². The molecule has 0 radical (unpaired) electrons. The van der Waals surface area contributed by atoms with Crippen molar-refractivity contribution in [1.29, 1.82) is 0 Å². The number of rotatable bonds is 3. The van der Waals surface area contributed by atoms with Gasteiger partial charge in [-0.15, -0.1) is 0 Å². The van der Waals surface area contributed by atoms with E-state index in [4.69, 9.17) is 5.11 Å². The van der Waals surface area contributed by atoms with Crippen molar-refractivity contribution in [2.75, 3.05) is 0 Å². The summed E-state index contributed by atoms with van der Waals surface area (Å²) in [6, 6.07) is 3.85. The number of aromatic nitrogens is 3. The first-order valence-electron chi connectivity index (χ1n) is 5.86. The van der Waals surface area contributed by atoms with E-state index in [1.807, 2.05) is 31.5 Å². The summed E-state index contributed by atoms with van der Waals surface area (Å²) in [5.74, 6) is -0.446. The third kappa shape index (κ3) is 1.88. The fourth-order valence-electron chi connectivity index (χ4n) is 2.14. The Morgan fingerprint density at radius 1 is 1.50 bits per heavy atom. The van der Waals surface area contributed by atoms with Gasteiger partial charge in [0.05, 0.1) is 11.6 Å². The van der Waals surface area contributed by atoms with Crippen molar-refractivity contribution in [3.8, 4) is 11.3 Å². The molecular formula is C13H13N3O2. The van der Waals surface area contributed by atoms with Crippen LogP contribution in [0, 0.1) is 12.8 Å². The first-order chi connectivity index (χ1) is 8.65. The first kappa shape index (κ1) is 11.0. The SMILES string of the molecule is Cc1cc(-c2cc[nH]c2)nc(C2CC2C(=O)O)n1. The van der Waals surface area contributed by atoms with Crippen LogP contribution >= 0.6 is 0 Å². The number of nitrogens with zero attached hydrogens (tertiary/aromatic N) is 2. The van der Waals surface area contributed by atoms with Gasteiger partial charge < -0.3 is 10.1 Å². The van der Waals surface area contributed by atoms with Crippen LogP contribution < -0.4 is 0 Å². The summed E-state index contributed by atoms with van der Waals surface area (Å²) >= 11 is 0. The topological polar surface area (TPSA) is 78.9 Å². The third-order valence-corrected chi connectivity index (χ3v) is 3.20. The lowest BCUT2D eigenvalue weighted by molar-refractivity contribution is -0.138. The van der Waals surface area contributed by atoms with Gasteiger partial charge in [-0.1, -0.05) is 0 Å². The van der Waals surface area contributed by atoms with Crippen molar-refractivity contribution in [1.82, 2.24) is 15.0 Å². The van der Waals surface area contributed by atoms with Crippen molar-refractivity contribution >= 4 is 5.97 Å². The van der Waals surface area contributed by atoms with Crippen molar-refractivity contribution in [3.63, 3.8) is 0 Å². The number of carboxylic acids is 1. The Bertz CT molecular complexity index is 592. The van der Waals surface area contributed by atoms with Crippen LogP contribution in [0.2, 0.25) is 0 Å². The molecule has 5 heteroatoms. The van der Waals surface area contributed by atoms with Crippen LogP contribution in [0.5, 0.6) is 0 Å². The summed E-state index contributed by atoms with van der Waals surface area (Å²) in [6.45, 7) is 1.90. The Balaban J connectivity index is 1.95. The molecule has 92 valence electrons. The molecule has 2 unspecified atom stereocenters. The fraction of sp³-hybridized carbons (Fsp3) is 0.308. The molecule has 0 aromatic carbocycles. The third-order valence-electron chi connectivity index (χ3n) is 3.20. The van der Waals surface area contributed by atoms with Gasteiger partial charge >= 0.3 is 5.97 Å². The Morgan fingerprint density at radius 2 is 2.33 bits per heavy atom. The lowest BCUT2D eigenvalue weighted by Gasteiger charge is -2.03. The summed E-state index contributed by atoms with van der Waals surface area (Å²) < 4.78 is 0. The van der Waals surface area contributed by atoms with E-state index in [0.717, 1.165) is 17.0 Å². The predicted octanol–water partition coefficient (Wildman–Crippen LogP) is 1.97. The summed E-state index contributed by atoms with van der Waals surface area (Å²) in [7, 11) is 0. The van der Waals surface area contributed by atoms with Gasteiger partial charge in [0.1, 0.15) is 5.82 Å². The van der Waals surface area contributed by atoms with Crippen LogP contribution in [0.4, 0.5) is 0 Å². The van der Waals surface area contributed by atoms with E-state index >= 15 is 0 Å². The first-order valence-corrected chi connectivity index (χ1v) is 5.86. The van der Waals surface area contributed by atoms with E-state index < -0.39 is 5.97 Å². The number of aromatic amines is 1. The standard InChI is InChI=1S/C13H13N3O2/c1-7-4-11(8-2-3-14-6-8)16-12(15-7)9-5-10(9)13(17)18/h2-4,6,9-10,14H,5H2,1H3,(H,17,18). The minimum atomic E-state index is -0.756. The molecule has 0 bridgehead atoms. The van der Waals surface area contributed by atoms with E-state index in [2.05, 4.69) is 15.0 Å². The van der Waals surface area contributed by atoms with Crippen LogP contribution in [0.25, 0.3) is 11.3 Å². The Labute approximate surface area is 104 Å². The zero-order valence-electron chi connectivity index (χ0n) is 9.92. The molecule has 2 N–H and O–H groups in total. The lowest BCUT2D eigenvalue weighted by atomic mass is 10.2. The van der Waals surface area contributed by atoms with Crippen LogP contribution in [-0.2, 0) is 4.79 Å². The molecule has 5 nitrogen and oxygen atoms in total. The Hall–Kier alpha value is -2.17. The highest BCUT2D eigenvalue weighted by atomic mass is 16.4. The molecule has 1 saturated carbocycles. The maximum atomic E-state index is 10.9. The number of nitrogens with one attached hydrogen (secondary N) is 1. The molecule has 18 heavy (non-hydrogen) atoms. The molecule has 2 aromatic rings. The Kier molecular flexibility index (Phi) is 2.40. The number of carbonyl (C=O) groups is 1. The maximum absolute atomic E-state index is 10.9. The van der Waals surface area contributed by atoms with E-state index in [-0.39, 0.29) is 11.8 Å². The summed E-state index contributed by atoms with van der Waals surface area (Å²) in [6.07, 6.45) is 4.35. The summed E-state index contributed by atoms with van der Waals surface area (Å²) in [4.78, 5) is 22.7. The average Bonchev–Trinajstić information content (AvgIpc) is 2.95. The van der Waals surface area contributed by atoms with Gasteiger partial charge in [-0.05, 0) is 25.5 Å². The number of hydrogen-bond donors (Lipinski definition) is 2. The summed E-state index contributed by atoms with van der Waals surface area (Å²) in [5.41, 5.74) is 2.70. The highest BCUT2D eigenvalue weighted by molar-refractivity contribution is 5.75. The number of hydrogen-bond acceptors (Lipinski definition) is 3. The van der Waals surface area contributed by atoms with Crippen LogP contribution in [-0.4, -0.2) is 26.0 Å². The second kappa shape index (κ2) is 3.94. The lowest BCUT2D eigenvalue weighted by Crippen LogP contribution is -2.03. The second-order valence-electron chi connectivity index (χ2n) is 4.64. The van der Waals surface area contributed by atoms with Gasteiger partial charge in [-0.3, -0.25) is 4.79 Å². The number of aliphatic carboxylic acids is 1. The van der Waals surface area contributed by atoms with Crippen LogP contribution in [0.1, 0.15) is 23.9 Å². The van der Waals surface area contributed by atoms with Crippen molar-refractivity contribution in [3.05, 3.63) is 36.0 Å². The van der Waals surface area contributed by atoms with Crippen LogP contribution in [0.15, 0.2) is 24.5 Å². The van der Waals surface area contributed by atoms with Crippen LogP contribution in [0.3, 0.4) is 0 Å². The van der Waals surface area contributed by atoms with Gasteiger partial charge in [-0.2, -0.15) is 0 Å². The number of H-pyrrole nitrogens is 1. The monoisotopic (exact) mass is 243 g/mol. The molecule has 2 aromatic heterocycles. The molecule has 0 saturated heterocycles. The van der Waals surface area contributed by atoms with Gasteiger partial charge in [0, 0.05) is 29.6 Å². The highest BCUT2D eigenvalue weighted by Gasteiger charge is 2.46. The van der Waals surface area contributed by atoms with Crippen molar-refractivity contribution < 1.29 is 9.90 Å². The van der Waals surface area contributed by atoms with Gasteiger partial charge in [0.2, 0.25) is 0 Å². The minimum absolute atomic E-state index is 0.0277. The van der Waals surface area contributed by atoms with E-state index in [0.29, 0.717) is 12.2 Å². The van der Waals surface area contributed by atoms with Gasteiger partial charge in [-0.25, -0.2) is 9.97 Å². The molecule has 1 aliphatic rings. The number of aryl methyl sites for hydroxylation is 1. The zero-order chi connectivity index (χ0) is 12.7. The largest absolute Gasteiger partial charge is 0.481 e. The van der Waals surface area contributed by atoms with E-state index in [9.17, 15) is 4.79 Å². The normalized spacial score (nSPS) is 21.8. The zero-order valence-corrected chi connectivity index (χ0v) is 9.92. The predicted molar refractivity (Wildman–Crippen MR) is 65.0 cm³/mol. The molecular weight excluding hydrogens is 230 g/mol. The highest BCUT2D eigenvalue weighted by Crippen LogP contribution is 2.46. The Morgan fingerprint density at radius 3 is 2.94 bits per heavy atom. The molecule has 1 fully saturated rings. The van der Waals surface area contributed by atoms with Crippen molar-refractivity contribution in [2.45, 2.75) is 19.3 Å². The molecule has 0 spiro atoms. The molecule has 1 aliphatic carbocycles. The smallest absolute Gasteiger partial charge is 0.307 e. The summed E-state index contributed by atoms with van der Waals surface area (Å²) in [5, 5.41) is 8.95. The van der Waals surface area contributed by atoms with Gasteiger partial charge in [0.25, 0.3) is 0 Å². The maximum Gasteiger partial charge on any atom is 0.307 e. The second-order valence-corrected chi connectivity index (χ2v) is 4.64. The minimum Gasteiger partial charge on any atom is -0.481 e. The van der Waals surface area contributed by atoms with Crippen molar-refractivity contribution in [2.24, 2.45) is 5.92 Å². The van der Waals surface area contributed by atoms with Gasteiger partial charge in [0.15, 0.2) is 0 Å². The molecule has 2 atom stereocenters. The quantitative estimate of drug-likeness (QED) is 0.863. The number of carboxylic acid groups (broad SMARTS) is 1. The fourth-order valence-corrected chi connectivity index (χ4v) is 2.14. The molecule has 2 heterocycles. The molecule has 3 rings (SSSR count). The molecule has 0 amide bonds. The molecule has 0 aliphatic heterocycles. The van der Waals surface area contributed by atoms with E-state index in [1.54, 1.807) is 0 Å².